The highest BCUT2D eigenvalue weighted by atomic mass is 16.6. The molecule has 1 aliphatic heterocycles. The molecular formula is C15H19N3O5. The number of anilines is 2. The third kappa shape index (κ3) is 4.41. The Morgan fingerprint density at radius 1 is 1.39 bits per heavy atom. The lowest BCUT2D eigenvalue weighted by molar-refractivity contribution is -0.141. The molecule has 1 aromatic rings. The van der Waals surface area contributed by atoms with Crippen LogP contribution >= 0.6 is 0 Å². The zero-order chi connectivity index (χ0) is 17.2. The van der Waals surface area contributed by atoms with Crippen LogP contribution in [0.3, 0.4) is 0 Å². The molecule has 124 valence electrons. The minimum absolute atomic E-state index is 0.0548. The van der Waals surface area contributed by atoms with Gasteiger partial charge in [-0.2, -0.15) is 0 Å². The molecule has 0 bridgehead atoms. The quantitative estimate of drug-likeness (QED) is 0.879. The molecule has 2 amide bonds. The first-order valence-corrected chi connectivity index (χ1v) is 7.16. The summed E-state index contributed by atoms with van der Waals surface area (Å²) in [4.78, 5) is 40.1. The molecule has 23 heavy (non-hydrogen) atoms. The van der Waals surface area contributed by atoms with Crippen LogP contribution in [0.2, 0.25) is 0 Å². The highest BCUT2D eigenvalue weighted by Crippen LogP contribution is 2.24. The van der Waals surface area contributed by atoms with Gasteiger partial charge in [0.2, 0.25) is 5.91 Å². The number of carboxylic acids is 1. The van der Waals surface area contributed by atoms with Crippen LogP contribution < -0.4 is 10.2 Å². The van der Waals surface area contributed by atoms with Gasteiger partial charge in [0.1, 0.15) is 17.2 Å². The minimum Gasteiger partial charge on any atom is -0.481 e. The van der Waals surface area contributed by atoms with Gasteiger partial charge < -0.3 is 9.84 Å². The predicted molar refractivity (Wildman–Crippen MR) is 82.2 cm³/mol. The second-order valence-corrected chi connectivity index (χ2v) is 6.25. The number of hydrogen-bond acceptors (Lipinski definition) is 5. The van der Waals surface area contributed by atoms with Crippen molar-refractivity contribution in [3.8, 4) is 0 Å². The molecule has 1 fully saturated rings. The van der Waals surface area contributed by atoms with Gasteiger partial charge in [-0.05, 0) is 32.9 Å². The smallest absolute Gasteiger partial charge is 0.413 e. The molecule has 0 spiro atoms. The molecule has 2 heterocycles. The standard InChI is InChI=1S/C15H19N3O5/c1-15(2,3)23-14(22)17-10-5-4-6-11(16-10)18-8-9(13(20)21)7-12(18)19/h4-6,9H,7-8H2,1-3H3,(H,20,21)(H,16,17,22). The lowest BCUT2D eigenvalue weighted by Crippen LogP contribution is -2.28. The average molecular weight is 321 g/mol. The Hall–Kier alpha value is -2.64. The van der Waals surface area contributed by atoms with Crippen molar-refractivity contribution in [2.24, 2.45) is 5.92 Å². The largest absolute Gasteiger partial charge is 0.481 e. The second-order valence-electron chi connectivity index (χ2n) is 6.25. The molecule has 8 nitrogen and oxygen atoms in total. The van der Waals surface area contributed by atoms with Crippen LogP contribution in [-0.2, 0) is 14.3 Å². The topological polar surface area (TPSA) is 109 Å². The summed E-state index contributed by atoms with van der Waals surface area (Å²) in [5.41, 5.74) is -0.638. The van der Waals surface area contributed by atoms with E-state index in [4.69, 9.17) is 9.84 Å². The van der Waals surface area contributed by atoms with Crippen LogP contribution in [0.15, 0.2) is 18.2 Å². The van der Waals surface area contributed by atoms with Gasteiger partial charge >= 0.3 is 12.1 Å². The van der Waals surface area contributed by atoms with Crippen LogP contribution in [0.5, 0.6) is 0 Å². The van der Waals surface area contributed by atoms with E-state index >= 15 is 0 Å². The molecular weight excluding hydrogens is 302 g/mol. The molecule has 1 saturated heterocycles. The third-order valence-corrected chi connectivity index (χ3v) is 3.11. The van der Waals surface area contributed by atoms with E-state index in [1.54, 1.807) is 39.0 Å². The van der Waals surface area contributed by atoms with E-state index in [-0.39, 0.29) is 24.7 Å². The normalized spacial score (nSPS) is 18.0. The first-order chi connectivity index (χ1) is 10.7. The molecule has 0 aromatic carbocycles. The zero-order valence-electron chi connectivity index (χ0n) is 13.2. The molecule has 1 atom stereocenters. The summed E-state index contributed by atoms with van der Waals surface area (Å²) in [7, 11) is 0. The van der Waals surface area contributed by atoms with Gasteiger partial charge in [0, 0.05) is 13.0 Å². The van der Waals surface area contributed by atoms with Crippen molar-refractivity contribution >= 4 is 29.6 Å². The van der Waals surface area contributed by atoms with Crippen LogP contribution in [0.25, 0.3) is 0 Å². The number of pyridine rings is 1. The Morgan fingerprint density at radius 2 is 2.09 bits per heavy atom. The Balaban J connectivity index is 2.10. The molecule has 8 heteroatoms. The number of carbonyl (C=O) groups is 3. The number of nitrogens with zero attached hydrogens (tertiary/aromatic N) is 2. The van der Waals surface area contributed by atoms with Gasteiger partial charge in [-0.1, -0.05) is 6.07 Å². The Labute approximate surface area is 133 Å². The Kier molecular flexibility index (Phi) is 4.53. The zero-order valence-corrected chi connectivity index (χ0v) is 13.2. The van der Waals surface area contributed by atoms with Gasteiger partial charge in [0.25, 0.3) is 0 Å². The summed E-state index contributed by atoms with van der Waals surface area (Å²) in [6.07, 6.45) is -0.709. The van der Waals surface area contributed by atoms with Crippen molar-refractivity contribution in [3.63, 3.8) is 0 Å². The fraction of sp³-hybridized carbons (Fsp3) is 0.467. The maximum absolute atomic E-state index is 11.9. The molecule has 0 radical (unpaired) electrons. The number of carboxylic acid groups (broad SMARTS) is 1. The van der Waals surface area contributed by atoms with Gasteiger partial charge in [-0.25, -0.2) is 9.78 Å². The van der Waals surface area contributed by atoms with Crippen LogP contribution in [0.4, 0.5) is 16.4 Å². The number of rotatable bonds is 3. The fourth-order valence-electron chi connectivity index (χ4n) is 2.15. The first kappa shape index (κ1) is 16.7. The molecule has 1 unspecified atom stereocenters. The predicted octanol–water partition coefficient (Wildman–Crippen LogP) is 1.87. The summed E-state index contributed by atoms with van der Waals surface area (Å²) in [5.74, 6) is -1.54. The van der Waals surface area contributed by atoms with Crippen LogP contribution in [0, 0.1) is 5.92 Å². The number of aliphatic carboxylic acids is 1. The van der Waals surface area contributed by atoms with Crippen LogP contribution in [0.1, 0.15) is 27.2 Å². The maximum atomic E-state index is 11.9. The third-order valence-electron chi connectivity index (χ3n) is 3.11. The van der Waals surface area contributed by atoms with Gasteiger partial charge in [0.15, 0.2) is 0 Å². The molecule has 1 aliphatic rings. The minimum atomic E-state index is -1.01. The van der Waals surface area contributed by atoms with E-state index in [1.807, 2.05) is 0 Å². The molecule has 2 rings (SSSR count). The highest BCUT2D eigenvalue weighted by Gasteiger charge is 2.35. The number of ether oxygens (including phenoxy) is 1. The summed E-state index contributed by atoms with van der Waals surface area (Å²) in [5, 5.41) is 11.5. The number of hydrogen-bond donors (Lipinski definition) is 2. The summed E-state index contributed by atoms with van der Waals surface area (Å²) < 4.78 is 5.13. The van der Waals surface area contributed by atoms with Crippen molar-refractivity contribution in [1.29, 1.82) is 0 Å². The van der Waals surface area contributed by atoms with E-state index in [2.05, 4.69) is 10.3 Å². The molecule has 2 N–H and O–H groups in total. The maximum Gasteiger partial charge on any atom is 0.413 e. The van der Waals surface area contributed by atoms with Crippen molar-refractivity contribution in [2.45, 2.75) is 32.8 Å². The number of amides is 2. The van der Waals surface area contributed by atoms with E-state index in [0.29, 0.717) is 5.82 Å². The lowest BCUT2D eigenvalue weighted by Gasteiger charge is -2.20. The second kappa shape index (κ2) is 6.23. The van der Waals surface area contributed by atoms with Crippen LogP contribution in [-0.4, -0.2) is 40.2 Å². The lowest BCUT2D eigenvalue weighted by atomic mass is 10.1. The number of nitrogens with one attached hydrogen (secondary N) is 1. The number of carbonyl (C=O) groups excluding carboxylic acids is 2. The molecule has 0 saturated carbocycles. The van der Waals surface area contributed by atoms with Gasteiger partial charge in [0.05, 0.1) is 5.92 Å². The van der Waals surface area contributed by atoms with Gasteiger partial charge in [-0.3, -0.25) is 19.8 Å². The van der Waals surface area contributed by atoms with E-state index < -0.39 is 23.6 Å². The summed E-state index contributed by atoms with van der Waals surface area (Å²) >= 11 is 0. The van der Waals surface area contributed by atoms with E-state index in [0.717, 1.165) is 0 Å². The SMILES string of the molecule is CC(C)(C)OC(=O)Nc1cccc(N2CC(C(=O)O)CC2=O)n1. The van der Waals surface area contributed by atoms with Gasteiger partial charge in [-0.15, -0.1) is 0 Å². The first-order valence-electron chi connectivity index (χ1n) is 7.16. The number of aromatic nitrogens is 1. The van der Waals surface area contributed by atoms with Crippen molar-refractivity contribution in [1.82, 2.24) is 4.98 Å². The average Bonchev–Trinajstić information content (AvgIpc) is 2.79. The monoisotopic (exact) mass is 321 g/mol. The van der Waals surface area contributed by atoms with Crippen molar-refractivity contribution in [3.05, 3.63) is 18.2 Å². The molecule has 1 aromatic heterocycles. The summed E-state index contributed by atoms with van der Waals surface area (Å²) in [6, 6.07) is 4.77. The Bertz CT molecular complexity index is 638. The van der Waals surface area contributed by atoms with Crippen molar-refractivity contribution in [2.75, 3.05) is 16.8 Å². The Morgan fingerprint density at radius 3 is 2.65 bits per heavy atom. The van der Waals surface area contributed by atoms with Crippen molar-refractivity contribution < 1.29 is 24.2 Å². The van der Waals surface area contributed by atoms with E-state index in [1.165, 1.54) is 4.90 Å². The summed E-state index contributed by atoms with van der Waals surface area (Å²) in [6.45, 7) is 5.29. The fourth-order valence-corrected chi connectivity index (χ4v) is 2.15. The highest BCUT2D eigenvalue weighted by molar-refractivity contribution is 5.98. The molecule has 0 aliphatic carbocycles. The van der Waals surface area contributed by atoms with E-state index in [9.17, 15) is 14.4 Å².